The van der Waals surface area contributed by atoms with Crippen LogP contribution in [-0.2, 0) is 14.3 Å². The molecule has 1 spiro atoms. The molecule has 0 aromatic rings. The van der Waals surface area contributed by atoms with Crippen LogP contribution in [0.15, 0.2) is 0 Å². The van der Waals surface area contributed by atoms with Crippen molar-refractivity contribution in [2.24, 2.45) is 17.8 Å². The zero-order valence-electron chi connectivity index (χ0n) is 21.0. The van der Waals surface area contributed by atoms with Crippen LogP contribution < -0.4 is 5.32 Å². The van der Waals surface area contributed by atoms with Crippen molar-refractivity contribution in [3.8, 4) is 0 Å². The molecule has 2 saturated carbocycles. The smallest absolute Gasteiger partial charge is 0.410 e. The molecule has 1 atom stereocenters. The van der Waals surface area contributed by atoms with Crippen LogP contribution in [-0.4, -0.2) is 79.4 Å². The molecule has 1 N–H and O–H groups in total. The zero-order chi connectivity index (χ0) is 23.4. The number of likely N-dealkylation sites (tertiary alicyclic amines) is 1. The predicted octanol–water partition coefficient (Wildman–Crippen LogP) is 3.96. The average molecular weight is 476 g/mol. The van der Waals surface area contributed by atoms with Crippen LogP contribution in [0.2, 0.25) is 0 Å². The fourth-order valence-electron chi connectivity index (χ4n) is 7.05. The van der Waals surface area contributed by atoms with Crippen molar-refractivity contribution in [1.29, 1.82) is 0 Å². The Morgan fingerprint density at radius 1 is 0.912 bits per heavy atom. The van der Waals surface area contributed by atoms with Crippen LogP contribution in [0.3, 0.4) is 0 Å². The highest BCUT2D eigenvalue weighted by Crippen LogP contribution is 2.36. The summed E-state index contributed by atoms with van der Waals surface area (Å²) in [5, 5.41) is 3.10. The maximum Gasteiger partial charge on any atom is 0.410 e. The van der Waals surface area contributed by atoms with E-state index in [9.17, 15) is 9.59 Å². The molecule has 3 saturated heterocycles. The van der Waals surface area contributed by atoms with Gasteiger partial charge in [0.1, 0.15) is 5.60 Å². The van der Waals surface area contributed by atoms with E-state index in [-0.39, 0.29) is 29.6 Å². The topological polar surface area (TPSA) is 71.1 Å². The molecule has 0 radical (unpaired) electrons. The van der Waals surface area contributed by atoms with E-state index in [0.29, 0.717) is 12.5 Å². The van der Waals surface area contributed by atoms with Crippen LogP contribution in [0, 0.1) is 17.8 Å². The number of carbonyl (C=O) groups is 2. The van der Waals surface area contributed by atoms with Crippen molar-refractivity contribution in [2.45, 2.75) is 95.2 Å². The largest absolute Gasteiger partial charge is 0.441 e. The van der Waals surface area contributed by atoms with Gasteiger partial charge in [-0.15, -0.1) is 0 Å². The first-order chi connectivity index (χ1) is 16.6. The molecular formula is C27H45N3O4. The Morgan fingerprint density at radius 2 is 1.65 bits per heavy atom. The van der Waals surface area contributed by atoms with E-state index in [0.717, 1.165) is 90.1 Å². The SMILES string of the molecule is O=C(NCC1CCCO1)C1CCC(CN2CC3(CCN(CC4CCCCC4)CC3)OC2=O)CC1. The molecule has 2 aliphatic carbocycles. The van der Waals surface area contributed by atoms with Gasteiger partial charge in [-0.1, -0.05) is 19.3 Å². The Balaban J connectivity index is 1.02. The number of rotatable bonds is 7. The summed E-state index contributed by atoms with van der Waals surface area (Å²) < 4.78 is 11.6. The van der Waals surface area contributed by atoms with Crippen LogP contribution >= 0.6 is 0 Å². The van der Waals surface area contributed by atoms with Crippen LogP contribution in [0.25, 0.3) is 0 Å². The van der Waals surface area contributed by atoms with E-state index in [1.54, 1.807) is 0 Å². The van der Waals surface area contributed by atoms with Crippen LogP contribution in [0.4, 0.5) is 4.79 Å². The quantitative estimate of drug-likeness (QED) is 0.604. The third-order valence-corrected chi connectivity index (χ3v) is 9.27. The van der Waals surface area contributed by atoms with Crippen molar-refractivity contribution in [3.05, 3.63) is 0 Å². The minimum atomic E-state index is -0.264. The number of nitrogens with one attached hydrogen (secondary N) is 1. The van der Waals surface area contributed by atoms with E-state index in [1.165, 1.54) is 38.6 Å². The van der Waals surface area contributed by atoms with Gasteiger partial charge in [0.05, 0.1) is 12.6 Å². The molecule has 5 rings (SSSR count). The first kappa shape index (κ1) is 24.4. The van der Waals surface area contributed by atoms with Gasteiger partial charge in [-0.25, -0.2) is 4.79 Å². The number of hydrogen-bond acceptors (Lipinski definition) is 5. The highest BCUT2D eigenvalue weighted by molar-refractivity contribution is 5.78. The van der Waals surface area contributed by atoms with Crippen molar-refractivity contribution in [1.82, 2.24) is 15.1 Å². The number of nitrogens with zero attached hydrogens (tertiary/aromatic N) is 2. The van der Waals surface area contributed by atoms with E-state index >= 15 is 0 Å². The first-order valence-corrected chi connectivity index (χ1v) is 14.2. The van der Waals surface area contributed by atoms with E-state index in [4.69, 9.17) is 9.47 Å². The van der Waals surface area contributed by atoms with Gasteiger partial charge in [-0.05, 0) is 63.2 Å². The van der Waals surface area contributed by atoms with Gasteiger partial charge in [-0.2, -0.15) is 0 Å². The summed E-state index contributed by atoms with van der Waals surface area (Å²) in [6.07, 6.45) is 15.1. The van der Waals surface area contributed by atoms with E-state index in [2.05, 4.69) is 10.2 Å². The van der Waals surface area contributed by atoms with Gasteiger partial charge in [0.15, 0.2) is 0 Å². The minimum Gasteiger partial charge on any atom is -0.441 e. The summed E-state index contributed by atoms with van der Waals surface area (Å²) in [4.78, 5) is 29.9. The maximum absolute atomic E-state index is 12.7. The van der Waals surface area contributed by atoms with E-state index < -0.39 is 0 Å². The number of amides is 2. The highest BCUT2D eigenvalue weighted by atomic mass is 16.6. The lowest BCUT2D eigenvalue weighted by atomic mass is 9.81. The van der Waals surface area contributed by atoms with Gasteiger partial charge >= 0.3 is 6.09 Å². The highest BCUT2D eigenvalue weighted by Gasteiger charge is 2.47. The van der Waals surface area contributed by atoms with E-state index in [1.807, 2.05) is 4.90 Å². The molecule has 2 amide bonds. The van der Waals surface area contributed by atoms with Crippen molar-refractivity contribution in [3.63, 3.8) is 0 Å². The molecule has 0 aromatic heterocycles. The molecule has 5 aliphatic rings. The molecule has 1 unspecified atom stereocenters. The molecule has 34 heavy (non-hydrogen) atoms. The lowest BCUT2D eigenvalue weighted by Gasteiger charge is -2.39. The van der Waals surface area contributed by atoms with Crippen LogP contribution in [0.5, 0.6) is 0 Å². The fourth-order valence-corrected chi connectivity index (χ4v) is 7.05. The second-order valence-corrected chi connectivity index (χ2v) is 11.8. The number of hydrogen-bond donors (Lipinski definition) is 1. The van der Waals surface area contributed by atoms with Crippen molar-refractivity contribution < 1.29 is 19.1 Å². The van der Waals surface area contributed by atoms with Gasteiger partial charge < -0.3 is 24.6 Å². The van der Waals surface area contributed by atoms with Crippen LogP contribution in [0.1, 0.15) is 83.5 Å². The summed E-state index contributed by atoms with van der Waals surface area (Å²) in [7, 11) is 0. The second-order valence-electron chi connectivity index (χ2n) is 11.8. The predicted molar refractivity (Wildman–Crippen MR) is 130 cm³/mol. The lowest BCUT2D eigenvalue weighted by molar-refractivity contribution is -0.126. The summed E-state index contributed by atoms with van der Waals surface area (Å²) >= 11 is 0. The molecular weight excluding hydrogens is 430 g/mol. The summed E-state index contributed by atoms with van der Waals surface area (Å²) in [5.74, 6) is 1.66. The van der Waals surface area contributed by atoms with Gasteiger partial charge in [0, 0.05) is 58.1 Å². The average Bonchev–Trinajstić information content (AvgIpc) is 3.48. The van der Waals surface area contributed by atoms with Gasteiger partial charge in [0.25, 0.3) is 0 Å². The summed E-state index contributed by atoms with van der Waals surface area (Å²) in [5.41, 5.74) is -0.264. The Labute approximate surface area is 205 Å². The Kier molecular flexibility index (Phi) is 7.99. The zero-order valence-corrected chi connectivity index (χ0v) is 21.0. The maximum atomic E-state index is 12.7. The number of piperidine rings is 1. The first-order valence-electron chi connectivity index (χ1n) is 14.2. The molecule has 7 nitrogen and oxygen atoms in total. The molecule has 3 heterocycles. The molecule has 0 aromatic carbocycles. The summed E-state index contributed by atoms with van der Waals surface area (Å²) in [6.45, 7) is 6.37. The lowest BCUT2D eigenvalue weighted by Crippen LogP contribution is -2.48. The molecule has 0 bridgehead atoms. The number of carbonyl (C=O) groups excluding carboxylic acids is 2. The molecule has 3 aliphatic heterocycles. The van der Waals surface area contributed by atoms with Crippen molar-refractivity contribution >= 4 is 12.0 Å². The standard InChI is InChI=1S/C27H45N3O4/c31-25(28-17-24-7-4-16-33-24)23-10-8-22(9-11-23)19-30-20-27(34-26(30)32)12-14-29(15-13-27)18-21-5-2-1-3-6-21/h21-24H,1-20H2,(H,28,31). The Bertz CT molecular complexity index is 688. The molecule has 192 valence electrons. The Hall–Kier alpha value is -1.34. The van der Waals surface area contributed by atoms with Crippen molar-refractivity contribution in [2.75, 3.05) is 45.9 Å². The minimum absolute atomic E-state index is 0.114. The third kappa shape index (κ3) is 6.07. The Morgan fingerprint density at radius 3 is 2.35 bits per heavy atom. The normalized spacial score (nSPS) is 32.8. The van der Waals surface area contributed by atoms with Gasteiger partial charge in [0.2, 0.25) is 5.91 Å². The monoisotopic (exact) mass is 475 g/mol. The molecule has 5 fully saturated rings. The molecule has 7 heteroatoms. The third-order valence-electron chi connectivity index (χ3n) is 9.27. The van der Waals surface area contributed by atoms with Gasteiger partial charge in [-0.3, -0.25) is 4.79 Å². The summed E-state index contributed by atoms with van der Waals surface area (Å²) in [6, 6.07) is 0. The fraction of sp³-hybridized carbons (Fsp3) is 0.926. The second kappa shape index (κ2) is 11.2. The number of ether oxygens (including phenoxy) is 2.